The summed E-state index contributed by atoms with van der Waals surface area (Å²) in [6.45, 7) is 8.60. The molecule has 1 aromatic heterocycles. The Hall–Kier alpha value is -1.30. The van der Waals surface area contributed by atoms with Gasteiger partial charge in [0.25, 0.3) is 0 Å². The number of nitrogen functional groups attached to an aromatic ring is 1. The van der Waals surface area contributed by atoms with Crippen LogP contribution in [0.5, 0.6) is 0 Å². The van der Waals surface area contributed by atoms with E-state index >= 15 is 0 Å². The lowest BCUT2D eigenvalue weighted by Crippen LogP contribution is -2.38. The van der Waals surface area contributed by atoms with E-state index in [0.29, 0.717) is 17.6 Å². The molecule has 1 aliphatic rings. The first-order valence-electron chi connectivity index (χ1n) is 7.18. The van der Waals surface area contributed by atoms with Crippen molar-refractivity contribution in [2.45, 2.75) is 40.0 Å². The average Bonchev–Trinajstić information content (AvgIpc) is 2.82. The van der Waals surface area contributed by atoms with Crippen LogP contribution in [-0.2, 0) is 4.74 Å². The summed E-state index contributed by atoms with van der Waals surface area (Å²) in [5.74, 6) is -0.0788. The normalized spacial score (nSPS) is 18.1. The summed E-state index contributed by atoms with van der Waals surface area (Å²) < 4.78 is 9.21. The summed E-state index contributed by atoms with van der Waals surface area (Å²) >= 11 is 1.29. The van der Waals surface area contributed by atoms with Crippen LogP contribution in [0.2, 0.25) is 0 Å². The highest BCUT2D eigenvalue weighted by Crippen LogP contribution is 2.39. The van der Waals surface area contributed by atoms with Gasteiger partial charge < -0.3 is 15.4 Å². The van der Waals surface area contributed by atoms with Crippen molar-refractivity contribution in [3.8, 4) is 0 Å². The maximum Gasteiger partial charge on any atom is 0.345 e. The molecule has 0 atom stereocenters. The van der Waals surface area contributed by atoms with Crippen LogP contribution in [0.3, 0.4) is 0 Å². The molecule has 2 rings (SSSR count). The Bertz CT molecular complexity index is 479. The van der Waals surface area contributed by atoms with Gasteiger partial charge in [-0.25, -0.2) is 4.79 Å². The second kappa shape index (κ2) is 5.99. The molecule has 20 heavy (non-hydrogen) atoms. The lowest BCUT2D eigenvalue weighted by Gasteiger charge is -2.39. The zero-order chi connectivity index (χ0) is 14.8. The van der Waals surface area contributed by atoms with Crippen LogP contribution in [0.1, 0.15) is 50.4 Å². The largest absolute Gasteiger partial charge is 0.462 e. The fourth-order valence-corrected chi connectivity index (χ4v) is 3.36. The summed E-state index contributed by atoms with van der Waals surface area (Å²) in [4.78, 5) is 14.2. The number of carbonyl (C=O) groups is 1. The van der Waals surface area contributed by atoms with Gasteiger partial charge >= 0.3 is 5.97 Å². The van der Waals surface area contributed by atoms with Gasteiger partial charge in [-0.2, -0.15) is 4.37 Å². The quantitative estimate of drug-likeness (QED) is 0.865. The molecule has 0 radical (unpaired) electrons. The molecule has 0 unspecified atom stereocenters. The number of nitrogens with two attached hydrogens (primary N) is 1. The van der Waals surface area contributed by atoms with Gasteiger partial charge in [-0.05, 0) is 36.7 Å². The molecule has 5 nitrogen and oxygen atoms in total. The van der Waals surface area contributed by atoms with Crippen molar-refractivity contribution in [3.05, 3.63) is 5.56 Å². The lowest BCUT2D eigenvalue weighted by molar-refractivity contribution is 0.0528. The highest BCUT2D eigenvalue weighted by Gasteiger charge is 2.32. The van der Waals surface area contributed by atoms with Gasteiger partial charge in [-0.15, -0.1) is 0 Å². The second-order valence-electron chi connectivity index (χ2n) is 5.62. The number of piperidine rings is 1. The maximum atomic E-state index is 12.0. The van der Waals surface area contributed by atoms with Crippen LogP contribution in [0.15, 0.2) is 0 Å². The van der Waals surface area contributed by atoms with Crippen LogP contribution < -0.4 is 10.6 Å². The Morgan fingerprint density at radius 1 is 1.45 bits per heavy atom. The molecule has 0 bridgehead atoms. The number of esters is 1. The zero-order valence-electron chi connectivity index (χ0n) is 12.4. The fraction of sp³-hybridized carbons (Fsp3) is 0.714. The molecule has 1 aliphatic heterocycles. The average molecular weight is 297 g/mol. The Balaban J connectivity index is 2.16. The molecule has 1 aromatic rings. The highest BCUT2D eigenvalue weighted by atomic mass is 32.1. The van der Waals surface area contributed by atoms with E-state index in [0.717, 1.165) is 30.9 Å². The van der Waals surface area contributed by atoms with Gasteiger partial charge in [0.1, 0.15) is 10.6 Å². The number of ether oxygens (including phenoxy) is 1. The summed E-state index contributed by atoms with van der Waals surface area (Å²) in [5.41, 5.74) is 6.69. The third kappa shape index (κ3) is 2.90. The molecule has 0 aliphatic carbocycles. The first-order chi connectivity index (χ1) is 9.50. The predicted octanol–water partition coefficient (Wildman–Crippen LogP) is 2.92. The Labute approximate surface area is 124 Å². The monoisotopic (exact) mass is 297 g/mol. The van der Waals surface area contributed by atoms with E-state index in [1.54, 1.807) is 6.92 Å². The molecule has 0 amide bonds. The molecule has 0 spiro atoms. The summed E-state index contributed by atoms with van der Waals surface area (Å²) in [5, 5.41) is 0.860. The topological polar surface area (TPSA) is 68.5 Å². The van der Waals surface area contributed by atoms with Gasteiger partial charge in [0.15, 0.2) is 5.82 Å². The number of aromatic nitrogens is 1. The zero-order valence-corrected chi connectivity index (χ0v) is 13.3. The molecule has 0 saturated carbocycles. The molecule has 0 aromatic carbocycles. The van der Waals surface area contributed by atoms with E-state index in [2.05, 4.69) is 23.1 Å². The maximum absolute atomic E-state index is 12.0. The second-order valence-corrected chi connectivity index (χ2v) is 6.37. The molecule has 6 heteroatoms. The number of anilines is 2. The van der Waals surface area contributed by atoms with E-state index in [4.69, 9.17) is 10.5 Å². The van der Waals surface area contributed by atoms with E-state index in [1.807, 2.05) is 0 Å². The van der Waals surface area contributed by atoms with Crippen molar-refractivity contribution < 1.29 is 9.53 Å². The molecule has 2 heterocycles. The van der Waals surface area contributed by atoms with E-state index in [1.165, 1.54) is 18.0 Å². The van der Waals surface area contributed by atoms with E-state index in [-0.39, 0.29) is 11.8 Å². The van der Waals surface area contributed by atoms with Crippen molar-refractivity contribution in [3.63, 3.8) is 0 Å². The van der Waals surface area contributed by atoms with Crippen molar-refractivity contribution in [1.82, 2.24) is 4.37 Å². The van der Waals surface area contributed by atoms with E-state index < -0.39 is 0 Å². The molecule has 112 valence electrons. The van der Waals surface area contributed by atoms with Crippen LogP contribution in [0, 0.1) is 5.41 Å². The van der Waals surface area contributed by atoms with Gasteiger partial charge in [0.2, 0.25) is 0 Å². The molecule has 1 saturated heterocycles. The molecular weight excluding hydrogens is 274 g/mol. The Kier molecular flexibility index (Phi) is 4.52. The van der Waals surface area contributed by atoms with Crippen LogP contribution in [0.25, 0.3) is 0 Å². The number of nitrogens with zero attached hydrogens (tertiary/aromatic N) is 2. The standard InChI is InChI=1S/C14H23N3O2S/c1-4-14(3)6-8-17(9-7-14)12-10(11(15)16-20-12)13(18)19-5-2/h4-9H2,1-3H3,(H2,15,16). The summed E-state index contributed by atoms with van der Waals surface area (Å²) in [6.07, 6.45) is 3.45. The Morgan fingerprint density at radius 2 is 2.10 bits per heavy atom. The Morgan fingerprint density at radius 3 is 2.65 bits per heavy atom. The molecular formula is C14H23N3O2S. The minimum absolute atomic E-state index is 0.285. The first-order valence-corrected chi connectivity index (χ1v) is 7.95. The third-order valence-electron chi connectivity index (χ3n) is 4.29. The molecule has 1 fully saturated rings. The smallest absolute Gasteiger partial charge is 0.345 e. The third-order valence-corrected chi connectivity index (χ3v) is 5.21. The number of hydrogen-bond donors (Lipinski definition) is 1. The van der Waals surface area contributed by atoms with Crippen molar-refractivity contribution in [1.29, 1.82) is 0 Å². The number of hydrogen-bond acceptors (Lipinski definition) is 6. The van der Waals surface area contributed by atoms with Crippen LogP contribution >= 0.6 is 11.5 Å². The fourth-order valence-electron chi connectivity index (χ4n) is 2.51. The van der Waals surface area contributed by atoms with Crippen LogP contribution in [0.4, 0.5) is 10.8 Å². The van der Waals surface area contributed by atoms with E-state index in [9.17, 15) is 4.79 Å². The van der Waals surface area contributed by atoms with Gasteiger partial charge in [0.05, 0.1) is 6.61 Å². The van der Waals surface area contributed by atoms with Gasteiger partial charge in [-0.1, -0.05) is 20.3 Å². The number of rotatable bonds is 4. The summed E-state index contributed by atoms with van der Waals surface area (Å²) in [7, 11) is 0. The van der Waals surface area contributed by atoms with Gasteiger partial charge in [-0.3, -0.25) is 0 Å². The first kappa shape index (κ1) is 15.1. The lowest BCUT2D eigenvalue weighted by atomic mass is 9.78. The minimum Gasteiger partial charge on any atom is -0.462 e. The van der Waals surface area contributed by atoms with Crippen molar-refractivity contribution >= 4 is 28.3 Å². The van der Waals surface area contributed by atoms with Gasteiger partial charge in [0, 0.05) is 13.1 Å². The highest BCUT2D eigenvalue weighted by molar-refractivity contribution is 7.11. The number of carbonyl (C=O) groups excluding carboxylic acids is 1. The van der Waals surface area contributed by atoms with Crippen molar-refractivity contribution in [2.24, 2.45) is 5.41 Å². The van der Waals surface area contributed by atoms with Crippen LogP contribution in [-0.4, -0.2) is 30.0 Å². The molecule has 2 N–H and O–H groups in total. The predicted molar refractivity (Wildman–Crippen MR) is 82.3 cm³/mol. The summed E-state index contributed by atoms with van der Waals surface area (Å²) in [6, 6.07) is 0. The van der Waals surface area contributed by atoms with Crippen molar-refractivity contribution in [2.75, 3.05) is 30.3 Å². The minimum atomic E-state index is -0.363. The SMILES string of the molecule is CCOC(=O)c1c(N)nsc1N1CCC(C)(CC)CC1.